The minimum Gasteiger partial charge on any atom is -0.348 e. The molecule has 2 saturated heterocycles. The third-order valence-corrected chi connectivity index (χ3v) is 10.8. The molecule has 1 saturated carbocycles. The zero-order valence-corrected chi connectivity index (χ0v) is 24.1. The van der Waals surface area contributed by atoms with Crippen molar-refractivity contribution in [1.29, 1.82) is 0 Å². The van der Waals surface area contributed by atoms with E-state index in [2.05, 4.69) is 9.30 Å². The molecule has 2 aromatic heterocycles. The lowest BCUT2D eigenvalue weighted by Crippen LogP contribution is -2.56. The van der Waals surface area contributed by atoms with Gasteiger partial charge >= 0.3 is 0 Å². The Morgan fingerprint density at radius 1 is 1.08 bits per heavy atom. The van der Waals surface area contributed by atoms with Gasteiger partial charge in [-0.15, -0.1) is 0 Å². The van der Waals surface area contributed by atoms with E-state index in [1.54, 1.807) is 17.2 Å². The molecule has 0 N–H and O–H groups in total. The van der Waals surface area contributed by atoms with Crippen molar-refractivity contribution in [3.8, 4) is 0 Å². The summed E-state index contributed by atoms with van der Waals surface area (Å²) in [5.74, 6) is 1.56. The van der Waals surface area contributed by atoms with Crippen LogP contribution in [0, 0.1) is 11.2 Å². The lowest BCUT2D eigenvalue weighted by atomic mass is 9.85. The molecular weight excluding hydrogens is 539 g/mol. The predicted molar refractivity (Wildman–Crippen MR) is 150 cm³/mol. The molecular formula is C29H34ClFN4O3S. The highest BCUT2D eigenvalue weighted by Crippen LogP contribution is 2.42. The van der Waals surface area contributed by atoms with E-state index in [4.69, 9.17) is 16.6 Å². The number of nitrogens with zero attached hydrogens (tertiary/aromatic N) is 4. The molecule has 2 atom stereocenters. The number of imidazole rings is 1. The molecule has 3 aliphatic rings. The molecule has 1 amide bonds. The smallest absolute Gasteiger partial charge is 0.255 e. The lowest BCUT2D eigenvalue weighted by molar-refractivity contribution is 0.0717. The zero-order chi connectivity index (χ0) is 27.7. The summed E-state index contributed by atoms with van der Waals surface area (Å²) in [6.45, 7) is 6.76. The van der Waals surface area contributed by atoms with Crippen molar-refractivity contribution < 1.29 is 17.6 Å². The number of pyridine rings is 1. The quantitative estimate of drug-likeness (QED) is 0.392. The number of aromatic nitrogens is 2. The fraction of sp³-hybridized carbons (Fsp3) is 0.517. The monoisotopic (exact) mass is 572 g/mol. The van der Waals surface area contributed by atoms with Crippen LogP contribution in [-0.2, 0) is 9.84 Å². The molecule has 208 valence electrons. The van der Waals surface area contributed by atoms with Gasteiger partial charge in [0.05, 0.1) is 32.9 Å². The first kappa shape index (κ1) is 26.6. The van der Waals surface area contributed by atoms with Crippen LogP contribution >= 0.6 is 11.6 Å². The topological polar surface area (TPSA) is 75.0 Å². The van der Waals surface area contributed by atoms with Crippen LogP contribution < -0.4 is 4.90 Å². The Bertz CT molecular complexity index is 1550. The predicted octanol–water partition coefficient (Wildman–Crippen LogP) is 5.71. The Labute approximate surface area is 233 Å². The van der Waals surface area contributed by atoms with Crippen LogP contribution in [0.15, 0.2) is 41.4 Å². The highest BCUT2D eigenvalue weighted by molar-refractivity contribution is 7.91. The number of carbonyl (C=O) groups excluding carboxylic acids is 1. The molecule has 7 nitrogen and oxygen atoms in total. The SMILES string of the molecule is CC(C)(C)CS(=O)(=O)c1cc(N2[C@@H]3CC[C@H]2CN(C(=O)c2ccc(F)cc2Cl)C3)n2c(C3CCC3)ncc2c1. The number of fused-ring (bicyclic) bond motifs is 3. The van der Waals surface area contributed by atoms with Crippen LogP contribution in [0.3, 0.4) is 0 Å². The number of carbonyl (C=O) groups is 1. The first-order valence-electron chi connectivity index (χ1n) is 13.7. The zero-order valence-electron chi connectivity index (χ0n) is 22.5. The molecule has 0 radical (unpaired) electrons. The van der Waals surface area contributed by atoms with E-state index in [-0.39, 0.29) is 34.2 Å². The minimum atomic E-state index is -3.53. The van der Waals surface area contributed by atoms with Crippen molar-refractivity contribution in [2.45, 2.75) is 75.8 Å². The van der Waals surface area contributed by atoms with E-state index in [9.17, 15) is 17.6 Å². The summed E-state index contributed by atoms with van der Waals surface area (Å²) in [5, 5.41) is 0.108. The van der Waals surface area contributed by atoms with Gasteiger partial charge in [0, 0.05) is 31.1 Å². The molecule has 39 heavy (non-hydrogen) atoms. The first-order chi connectivity index (χ1) is 18.4. The Hall–Kier alpha value is -2.65. The van der Waals surface area contributed by atoms with Crippen LogP contribution in [0.25, 0.3) is 5.52 Å². The minimum absolute atomic E-state index is 0.0207. The maximum absolute atomic E-state index is 13.6. The van der Waals surface area contributed by atoms with Crippen molar-refractivity contribution in [3.63, 3.8) is 0 Å². The van der Waals surface area contributed by atoms with Crippen LogP contribution in [0.2, 0.25) is 5.02 Å². The fourth-order valence-corrected chi connectivity index (χ4v) is 8.50. The number of piperazine rings is 1. The van der Waals surface area contributed by atoms with E-state index >= 15 is 0 Å². The van der Waals surface area contributed by atoms with E-state index in [0.717, 1.165) is 42.8 Å². The van der Waals surface area contributed by atoms with E-state index in [1.165, 1.54) is 24.6 Å². The first-order valence-corrected chi connectivity index (χ1v) is 15.7. The summed E-state index contributed by atoms with van der Waals surface area (Å²) in [5.41, 5.74) is 0.707. The normalized spacial score (nSPS) is 22.0. The van der Waals surface area contributed by atoms with Gasteiger partial charge < -0.3 is 9.80 Å². The summed E-state index contributed by atoms with van der Waals surface area (Å²) in [6.07, 6.45) is 6.90. The fourth-order valence-electron chi connectivity index (χ4n) is 6.36. The van der Waals surface area contributed by atoms with Gasteiger partial charge in [-0.2, -0.15) is 0 Å². The molecule has 2 aliphatic heterocycles. The van der Waals surface area contributed by atoms with Crippen molar-refractivity contribution in [2.24, 2.45) is 5.41 Å². The van der Waals surface area contributed by atoms with Crippen molar-refractivity contribution in [2.75, 3.05) is 23.7 Å². The Kier molecular flexibility index (Phi) is 6.45. The van der Waals surface area contributed by atoms with Crippen LogP contribution in [-0.4, -0.2) is 59.5 Å². The average Bonchev–Trinajstić information content (AvgIpc) is 3.33. The van der Waals surface area contributed by atoms with Crippen LogP contribution in [0.5, 0.6) is 0 Å². The van der Waals surface area contributed by atoms with Crippen LogP contribution in [0.4, 0.5) is 10.2 Å². The maximum atomic E-state index is 13.6. The second-order valence-corrected chi connectivity index (χ2v) is 14.9. The average molecular weight is 573 g/mol. The van der Waals surface area contributed by atoms with Gasteiger partial charge in [0.25, 0.3) is 5.91 Å². The number of rotatable bonds is 5. The maximum Gasteiger partial charge on any atom is 0.255 e. The van der Waals surface area contributed by atoms with Crippen molar-refractivity contribution in [3.05, 3.63) is 58.8 Å². The largest absolute Gasteiger partial charge is 0.348 e. The molecule has 1 aliphatic carbocycles. The molecule has 3 fully saturated rings. The summed E-state index contributed by atoms with van der Waals surface area (Å²) in [4.78, 5) is 22.6. The van der Waals surface area contributed by atoms with Crippen molar-refractivity contribution >= 4 is 38.7 Å². The molecule has 1 aromatic carbocycles. The molecule has 4 heterocycles. The Balaban J connectivity index is 1.39. The second-order valence-electron chi connectivity index (χ2n) is 12.5. The number of benzene rings is 1. The number of hydrogen-bond donors (Lipinski definition) is 0. The lowest BCUT2D eigenvalue weighted by Gasteiger charge is -2.43. The van der Waals surface area contributed by atoms with Gasteiger partial charge in [-0.25, -0.2) is 17.8 Å². The molecule has 10 heteroatoms. The van der Waals surface area contributed by atoms with Gasteiger partial charge in [0.1, 0.15) is 17.5 Å². The Morgan fingerprint density at radius 3 is 2.36 bits per heavy atom. The molecule has 6 rings (SSSR count). The number of halogens is 2. The number of amides is 1. The van der Waals surface area contributed by atoms with E-state index < -0.39 is 15.7 Å². The highest BCUT2D eigenvalue weighted by atomic mass is 35.5. The van der Waals surface area contributed by atoms with Crippen LogP contribution in [0.1, 0.15) is 75.0 Å². The number of hydrogen-bond acceptors (Lipinski definition) is 5. The molecule has 0 spiro atoms. The van der Waals surface area contributed by atoms with Gasteiger partial charge in [0.2, 0.25) is 0 Å². The summed E-state index contributed by atoms with van der Waals surface area (Å²) >= 11 is 6.22. The van der Waals surface area contributed by atoms with Gasteiger partial charge in [-0.1, -0.05) is 38.8 Å². The van der Waals surface area contributed by atoms with Gasteiger partial charge in [0.15, 0.2) is 9.84 Å². The Morgan fingerprint density at radius 2 is 1.77 bits per heavy atom. The summed E-state index contributed by atoms with van der Waals surface area (Å²) < 4.78 is 42.8. The number of anilines is 1. The molecule has 3 aromatic rings. The van der Waals surface area contributed by atoms with Gasteiger partial charge in [-0.3, -0.25) is 9.20 Å². The highest BCUT2D eigenvalue weighted by Gasteiger charge is 2.43. The summed E-state index contributed by atoms with van der Waals surface area (Å²) in [6, 6.07) is 7.50. The number of likely N-dealkylation sites (tertiary alicyclic amines) is 1. The third kappa shape index (κ3) is 4.82. The number of sulfone groups is 1. The molecule has 0 unspecified atom stereocenters. The third-order valence-electron chi connectivity index (χ3n) is 8.25. The van der Waals surface area contributed by atoms with E-state index in [0.29, 0.717) is 29.5 Å². The summed E-state index contributed by atoms with van der Waals surface area (Å²) in [7, 11) is -3.53. The standard InChI is InChI=1S/C29H34ClFN4O3S/c1-29(2,3)17-39(37,38)23-12-22-14-32-27(18-5-4-6-18)35(22)26(13-23)34-20-8-9-21(34)16-33(15-20)28(36)24-10-7-19(31)11-25(24)30/h7,10-14,18,20-21H,4-6,8-9,15-17H2,1-3H3/t20-,21+. The second kappa shape index (κ2) is 9.47. The van der Waals surface area contributed by atoms with Gasteiger partial charge in [-0.05, 0) is 61.4 Å². The van der Waals surface area contributed by atoms with E-state index in [1.807, 2.05) is 26.8 Å². The molecule has 2 bridgehead atoms. The van der Waals surface area contributed by atoms with Crippen molar-refractivity contribution in [1.82, 2.24) is 14.3 Å².